The second kappa shape index (κ2) is 8.19. The first kappa shape index (κ1) is 18.2. The number of nitrogens with zero attached hydrogens (tertiary/aromatic N) is 4. The minimum absolute atomic E-state index is 0. The molecule has 0 N–H and O–H groups in total. The number of hydrogen-bond donors (Lipinski definition) is 0. The second-order valence-corrected chi connectivity index (χ2v) is 5.99. The van der Waals surface area contributed by atoms with E-state index < -0.39 is 6.08 Å². The van der Waals surface area contributed by atoms with Crippen LogP contribution in [0.5, 0.6) is 5.88 Å². The van der Waals surface area contributed by atoms with Crippen LogP contribution in [0, 0.1) is 6.08 Å². The lowest BCUT2D eigenvalue weighted by molar-refractivity contribution is 0.288. The summed E-state index contributed by atoms with van der Waals surface area (Å²) in [5.41, 5.74) is 4.83. The molecule has 0 amide bonds. The summed E-state index contributed by atoms with van der Waals surface area (Å²) >= 11 is 0. The first-order chi connectivity index (χ1) is 12.3. The second-order valence-electron chi connectivity index (χ2n) is 5.99. The van der Waals surface area contributed by atoms with Crippen molar-refractivity contribution in [3.8, 4) is 17.0 Å². The van der Waals surface area contributed by atoms with Crippen LogP contribution in [-0.2, 0) is 19.4 Å². The molecule has 0 aromatic carbocycles. The van der Waals surface area contributed by atoms with Gasteiger partial charge in [0.1, 0.15) is 6.61 Å². The maximum Gasteiger partial charge on any atom is 0.308 e. The largest absolute Gasteiger partial charge is 0.471 e. The van der Waals surface area contributed by atoms with Crippen LogP contribution >= 0.6 is 12.4 Å². The smallest absolute Gasteiger partial charge is 0.308 e. The molecule has 0 radical (unpaired) electrons. The Kier molecular flexibility index (Phi) is 5.73. The van der Waals surface area contributed by atoms with E-state index in [1.165, 1.54) is 18.0 Å². The summed E-state index contributed by atoms with van der Waals surface area (Å²) in [6, 6.07) is 7.59. The number of pyridine rings is 2. The molecule has 0 atom stereocenters. The van der Waals surface area contributed by atoms with Gasteiger partial charge in [-0.05, 0) is 48.9 Å². The van der Waals surface area contributed by atoms with Gasteiger partial charge in [0.05, 0.1) is 5.69 Å². The number of ether oxygens (including phenoxy) is 1. The Morgan fingerprint density at radius 3 is 2.62 bits per heavy atom. The summed E-state index contributed by atoms with van der Waals surface area (Å²) in [7, 11) is 0. The molecular weight excluding hydrogens is 355 g/mol. The maximum absolute atomic E-state index is 13.1. The highest BCUT2D eigenvalue weighted by Gasteiger charge is 2.18. The molecule has 0 spiro atoms. The molecule has 0 unspecified atom stereocenters. The quantitative estimate of drug-likeness (QED) is 0.649. The summed E-state index contributed by atoms with van der Waals surface area (Å²) in [4.78, 5) is 16.3. The Balaban J connectivity index is 0.00000196. The average molecular weight is 373 g/mol. The minimum atomic E-state index is -0.724. The van der Waals surface area contributed by atoms with Gasteiger partial charge in [0.25, 0.3) is 0 Å². The van der Waals surface area contributed by atoms with E-state index in [-0.39, 0.29) is 12.4 Å². The van der Waals surface area contributed by atoms with Gasteiger partial charge < -0.3 is 4.74 Å². The van der Waals surface area contributed by atoms with Crippen molar-refractivity contribution in [2.24, 2.45) is 0 Å². The molecular formula is C19H18ClFN4O. The van der Waals surface area contributed by atoms with Crippen molar-refractivity contribution in [3.05, 3.63) is 65.9 Å². The van der Waals surface area contributed by atoms with Crippen molar-refractivity contribution < 1.29 is 9.13 Å². The minimum Gasteiger partial charge on any atom is -0.471 e. The molecule has 3 aromatic rings. The van der Waals surface area contributed by atoms with Crippen LogP contribution in [-0.4, -0.2) is 19.9 Å². The molecule has 1 aliphatic rings. The van der Waals surface area contributed by atoms with Crippen molar-refractivity contribution in [2.45, 2.75) is 32.3 Å². The molecule has 3 aromatic heterocycles. The molecule has 26 heavy (non-hydrogen) atoms. The zero-order valence-corrected chi connectivity index (χ0v) is 14.9. The normalized spacial score (nSPS) is 12.8. The van der Waals surface area contributed by atoms with Crippen LogP contribution < -0.4 is 4.74 Å². The van der Waals surface area contributed by atoms with E-state index in [1.54, 1.807) is 6.20 Å². The Morgan fingerprint density at radius 1 is 1.04 bits per heavy atom. The van der Waals surface area contributed by atoms with Crippen molar-refractivity contribution in [3.63, 3.8) is 0 Å². The van der Waals surface area contributed by atoms with Crippen LogP contribution in [0.25, 0.3) is 11.1 Å². The lowest BCUT2D eigenvalue weighted by Gasteiger charge is -2.20. The van der Waals surface area contributed by atoms with E-state index in [0.29, 0.717) is 12.5 Å². The highest BCUT2D eigenvalue weighted by atomic mass is 35.5. The summed E-state index contributed by atoms with van der Waals surface area (Å²) in [5, 5.41) is 0. The van der Waals surface area contributed by atoms with E-state index in [0.717, 1.165) is 48.2 Å². The summed E-state index contributed by atoms with van der Waals surface area (Å²) in [5.74, 6) is 0.547. The highest BCUT2D eigenvalue weighted by Crippen LogP contribution is 2.33. The third-order valence-corrected chi connectivity index (χ3v) is 4.30. The predicted molar refractivity (Wildman–Crippen MR) is 97.7 cm³/mol. The summed E-state index contributed by atoms with van der Waals surface area (Å²) in [6.45, 7) is 0.353. The molecule has 7 heteroatoms. The molecule has 0 bridgehead atoms. The zero-order valence-electron chi connectivity index (χ0n) is 14.1. The Morgan fingerprint density at radius 2 is 1.85 bits per heavy atom. The van der Waals surface area contributed by atoms with Gasteiger partial charge in [-0.25, -0.2) is 15.0 Å². The third-order valence-electron chi connectivity index (χ3n) is 4.30. The number of hydrogen-bond acceptors (Lipinski definition) is 5. The first-order valence-corrected chi connectivity index (χ1v) is 8.33. The van der Waals surface area contributed by atoms with Gasteiger partial charge in [0.2, 0.25) is 5.88 Å². The van der Waals surface area contributed by atoms with Crippen molar-refractivity contribution in [1.82, 2.24) is 19.9 Å². The SMILES string of the molecule is Cl.Fc1ncc(-c2cc(OCc3ccccn3)nc3c2CCCC3)cn1. The molecule has 134 valence electrons. The molecule has 0 saturated heterocycles. The van der Waals surface area contributed by atoms with Gasteiger partial charge >= 0.3 is 6.08 Å². The Hall–Kier alpha value is -2.60. The fourth-order valence-corrected chi connectivity index (χ4v) is 3.09. The fourth-order valence-electron chi connectivity index (χ4n) is 3.09. The number of aromatic nitrogens is 4. The lowest BCUT2D eigenvalue weighted by Crippen LogP contribution is -2.09. The monoisotopic (exact) mass is 372 g/mol. The fraction of sp³-hybridized carbons (Fsp3) is 0.263. The van der Waals surface area contributed by atoms with Crippen LogP contribution in [0.15, 0.2) is 42.9 Å². The van der Waals surface area contributed by atoms with Gasteiger partial charge in [-0.15, -0.1) is 12.4 Å². The first-order valence-electron chi connectivity index (χ1n) is 8.33. The van der Waals surface area contributed by atoms with Crippen LogP contribution in [0.4, 0.5) is 4.39 Å². The van der Waals surface area contributed by atoms with E-state index in [1.807, 2.05) is 24.3 Å². The van der Waals surface area contributed by atoms with Crippen molar-refractivity contribution >= 4 is 12.4 Å². The van der Waals surface area contributed by atoms with Gasteiger partial charge in [-0.1, -0.05) is 6.07 Å². The zero-order chi connectivity index (χ0) is 17.1. The van der Waals surface area contributed by atoms with E-state index in [9.17, 15) is 4.39 Å². The molecule has 4 rings (SSSR count). The molecule has 5 nitrogen and oxygen atoms in total. The van der Waals surface area contributed by atoms with Crippen LogP contribution in [0.2, 0.25) is 0 Å². The van der Waals surface area contributed by atoms with Crippen molar-refractivity contribution in [2.75, 3.05) is 0 Å². The highest BCUT2D eigenvalue weighted by molar-refractivity contribution is 5.85. The summed E-state index contributed by atoms with van der Waals surface area (Å²) in [6.07, 6.45) is 8.14. The Labute approximate surface area is 157 Å². The van der Waals surface area contributed by atoms with Crippen LogP contribution in [0.1, 0.15) is 29.8 Å². The molecule has 0 fully saturated rings. The van der Waals surface area contributed by atoms with E-state index in [4.69, 9.17) is 4.74 Å². The molecule has 1 aliphatic carbocycles. The van der Waals surface area contributed by atoms with Gasteiger partial charge in [-0.2, -0.15) is 4.39 Å². The number of aryl methyl sites for hydroxylation is 1. The van der Waals surface area contributed by atoms with E-state index >= 15 is 0 Å². The number of rotatable bonds is 4. The molecule has 0 aliphatic heterocycles. The maximum atomic E-state index is 13.1. The molecule has 3 heterocycles. The van der Waals surface area contributed by atoms with Gasteiger partial charge in [0.15, 0.2) is 0 Å². The Bertz CT molecular complexity index is 875. The topological polar surface area (TPSA) is 60.8 Å². The third kappa shape index (κ3) is 3.96. The predicted octanol–water partition coefficient (Wildman–Crippen LogP) is 3.95. The summed E-state index contributed by atoms with van der Waals surface area (Å²) < 4.78 is 18.9. The number of halogens is 2. The van der Waals surface area contributed by atoms with Gasteiger partial charge in [-0.3, -0.25) is 4.98 Å². The van der Waals surface area contributed by atoms with Crippen LogP contribution in [0.3, 0.4) is 0 Å². The molecule has 0 saturated carbocycles. The number of fused-ring (bicyclic) bond motifs is 1. The standard InChI is InChI=1S/C19H17FN4O.ClH/c20-19-22-10-13(11-23-19)16-9-18(24-17-7-2-1-6-15(16)17)25-12-14-5-3-4-8-21-14;/h3-5,8-11H,1-2,6-7,12H2;1H. The lowest BCUT2D eigenvalue weighted by atomic mass is 9.90. The van der Waals surface area contributed by atoms with Gasteiger partial charge in [0, 0.05) is 35.9 Å². The van der Waals surface area contributed by atoms with E-state index in [2.05, 4.69) is 19.9 Å². The van der Waals surface area contributed by atoms with Crippen molar-refractivity contribution in [1.29, 1.82) is 0 Å². The average Bonchev–Trinajstić information content (AvgIpc) is 2.67.